The van der Waals surface area contributed by atoms with Crippen LogP contribution in [0.4, 0.5) is 17.6 Å². The Morgan fingerprint density at radius 2 is 1.79 bits per heavy atom. The predicted molar refractivity (Wildman–Crippen MR) is 43.3 cm³/mol. The van der Waals surface area contributed by atoms with E-state index >= 15 is 0 Å². The van der Waals surface area contributed by atoms with Crippen LogP contribution < -0.4 is 0 Å². The summed E-state index contributed by atoms with van der Waals surface area (Å²) in [6, 6.07) is 0. The van der Waals surface area contributed by atoms with Crippen molar-refractivity contribution in [1.29, 1.82) is 0 Å². The Kier molecular flexibility index (Phi) is 2.78. The van der Waals surface area contributed by atoms with E-state index in [1.165, 1.54) is 0 Å². The minimum Gasteiger partial charge on any atom is -0.261 e. The maximum Gasteiger partial charge on any atom is 0.419 e. The van der Waals surface area contributed by atoms with Gasteiger partial charge in [-0.15, -0.1) is 0 Å². The third-order valence-electron chi connectivity index (χ3n) is 1.83. The zero-order valence-electron chi connectivity index (χ0n) is 7.69. The lowest BCUT2D eigenvalue weighted by Gasteiger charge is -2.15. The maximum absolute atomic E-state index is 12.9. The second-order valence-corrected chi connectivity index (χ2v) is 3.24. The molecule has 1 aromatic heterocycles. The standard InChI is InChI=1S/C9H9F4N/c1-5(2)6-3-14-4-7(10)8(6)9(11,12)13/h3-5H,1-2H3. The van der Waals surface area contributed by atoms with Crippen molar-refractivity contribution >= 4 is 0 Å². The summed E-state index contributed by atoms with van der Waals surface area (Å²) in [5, 5.41) is 0. The molecular weight excluding hydrogens is 198 g/mol. The van der Waals surface area contributed by atoms with Crippen molar-refractivity contribution in [3.8, 4) is 0 Å². The van der Waals surface area contributed by atoms with Gasteiger partial charge >= 0.3 is 6.18 Å². The number of alkyl halides is 3. The van der Waals surface area contributed by atoms with Gasteiger partial charge in [-0.3, -0.25) is 4.98 Å². The molecule has 0 spiro atoms. The van der Waals surface area contributed by atoms with Gasteiger partial charge in [0.2, 0.25) is 0 Å². The summed E-state index contributed by atoms with van der Waals surface area (Å²) in [6.45, 7) is 3.12. The van der Waals surface area contributed by atoms with Crippen LogP contribution in [-0.2, 0) is 6.18 Å². The molecule has 0 bridgehead atoms. The SMILES string of the molecule is CC(C)c1cncc(F)c1C(F)(F)F. The lowest BCUT2D eigenvalue weighted by Crippen LogP contribution is -2.13. The molecule has 0 atom stereocenters. The Balaban J connectivity index is 3.38. The number of hydrogen-bond acceptors (Lipinski definition) is 1. The molecule has 0 fully saturated rings. The Bertz CT molecular complexity index is 330. The minimum absolute atomic E-state index is 0.113. The summed E-state index contributed by atoms with van der Waals surface area (Å²) in [4.78, 5) is 3.40. The van der Waals surface area contributed by atoms with Gasteiger partial charge in [0.15, 0.2) is 5.82 Å². The van der Waals surface area contributed by atoms with E-state index in [1.807, 2.05) is 0 Å². The highest BCUT2D eigenvalue weighted by atomic mass is 19.4. The molecule has 1 rings (SSSR count). The molecule has 0 aliphatic heterocycles. The smallest absolute Gasteiger partial charge is 0.261 e. The second-order valence-electron chi connectivity index (χ2n) is 3.24. The van der Waals surface area contributed by atoms with Crippen molar-refractivity contribution in [2.24, 2.45) is 0 Å². The number of pyridine rings is 1. The van der Waals surface area contributed by atoms with Crippen LogP contribution in [0.3, 0.4) is 0 Å². The molecule has 1 nitrogen and oxygen atoms in total. The van der Waals surface area contributed by atoms with Gasteiger partial charge < -0.3 is 0 Å². The summed E-state index contributed by atoms with van der Waals surface area (Å²) in [5.74, 6) is -1.72. The van der Waals surface area contributed by atoms with Crippen LogP contribution in [0.2, 0.25) is 0 Å². The molecule has 0 aliphatic rings. The fourth-order valence-corrected chi connectivity index (χ4v) is 1.19. The van der Waals surface area contributed by atoms with Crippen LogP contribution >= 0.6 is 0 Å². The normalized spacial score (nSPS) is 12.2. The van der Waals surface area contributed by atoms with E-state index in [2.05, 4.69) is 4.98 Å². The zero-order chi connectivity index (χ0) is 10.9. The molecule has 0 amide bonds. The topological polar surface area (TPSA) is 12.9 Å². The fourth-order valence-electron chi connectivity index (χ4n) is 1.19. The van der Waals surface area contributed by atoms with Crippen LogP contribution in [-0.4, -0.2) is 4.98 Å². The number of halogens is 4. The minimum atomic E-state index is -4.66. The Labute approximate surface area is 78.8 Å². The Hall–Kier alpha value is -1.13. The first-order chi connectivity index (χ1) is 6.34. The first-order valence-electron chi connectivity index (χ1n) is 4.04. The van der Waals surface area contributed by atoms with Crippen molar-refractivity contribution < 1.29 is 17.6 Å². The molecule has 5 heteroatoms. The van der Waals surface area contributed by atoms with Crippen molar-refractivity contribution in [3.05, 3.63) is 29.3 Å². The average Bonchev–Trinajstić information content (AvgIpc) is 2.01. The number of nitrogens with zero attached hydrogens (tertiary/aromatic N) is 1. The molecule has 0 saturated carbocycles. The molecule has 0 radical (unpaired) electrons. The van der Waals surface area contributed by atoms with Crippen LogP contribution in [0.15, 0.2) is 12.4 Å². The van der Waals surface area contributed by atoms with Crippen molar-refractivity contribution in [3.63, 3.8) is 0 Å². The summed E-state index contributed by atoms with van der Waals surface area (Å²) in [7, 11) is 0. The van der Waals surface area contributed by atoms with E-state index < -0.39 is 23.5 Å². The molecule has 1 heterocycles. The van der Waals surface area contributed by atoms with E-state index in [0.29, 0.717) is 6.20 Å². The molecule has 1 aromatic rings. The van der Waals surface area contributed by atoms with E-state index in [9.17, 15) is 17.6 Å². The van der Waals surface area contributed by atoms with Gasteiger partial charge in [-0.25, -0.2) is 4.39 Å². The van der Waals surface area contributed by atoms with E-state index in [4.69, 9.17) is 0 Å². The van der Waals surface area contributed by atoms with Gasteiger partial charge in [-0.1, -0.05) is 13.8 Å². The predicted octanol–water partition coefficient (Wildman–Crippen LogP) is 3.36. The summed E-state index contributed by atoms with van der Waals surface area (Å²) in [5.41, 5.74) is -1.32. The number of aromatic nitrogens is 1. The summed E-state index contributed by atoms with van der Waals surface area (Å²) >= 11 is 0. The Morgan fingerprint density at radius 1 is 1.21 bits per heavy atom. The highest BCUT2D eigenvalue weighted by Crippen LogP contribution is 2.36. The van der Waals surface area contributed by atoms with E-state index in [0.717, 1.165) is 6.20 Å². The molecule has 0 aliphatic carbocycles. The van der Waals surface area contributed by atoms with E-state index in [1.54, 1.807) is 13.8 Å². The molecule has 0 unspecified atom stereocenters. The first-order valence-corrected chi connectivity index (χ1v) is 4.04. The summed E-state index contributed by atoms with van der Waals surface area (Å²) < 4.78 is 50.1. The number of rotatable bonds is 1. The molecule has 14 heavy (non-hydrogen) atoms. The second kappa shape index (κ2) is 3.55. The van der Waals surface area contributed by atoms with E-state index in [-0.39, 0.29) is 5.56 Å². The Morgan fingerprint density at radius 3 is 2.14 bits per heavy atom. The molecule has 78 valence electrons. The van der Waals surface area contributed by atoms with Gasteiger partial charge in [-0.2, -0.15) is 13.2 Å². The lowest BCUT2D eigenvalue weighted by atomic mass is 9.99. The monoisotopic (exact) mass is 207 g/mol. The van der Waals surface area contributed by atoms with Crippen LogP contribution in [0.5, 0.6) is 0 Å². The quantitative estimate of drug-likeness (QED) is 0.643. The number of hydrogen-bond donors (Lipinski definition) is 0. The summed E-state index contributed by atoms with van der Waals surface area (Å²) in [6.07, 6.45) is -3.03. The van der Waals surface area contributed by atoms with Crippen LogP contribution in [0.1, 0.15) is 30.9 Å². The third kappa shape index (κ3) is 2.02. The van der Waals surface area contributed by atoms with Gasteiger partial charge in [0.05, 0.1) is 11.8 Å². The molecular formula is C9H9F4N. The molecule has 0 aromatic carbocycles. The van der Waals surface area contributed by atoms with Crippen molar-refractivity contribution in [2.45, 2.75) is 25.9 Å². The fraction of sp³-hybridized carbons (Fsp3) is 0.444. The first kappa shape index (κ1) is 10.9. The van der Waals surface area contributed by atoms with Crippen LogP contribution in [0.25, 0.3) is 0 Å². The molecule has 0 saturated heterocycles. The van der Waals surface area contributed by atoms with Gasteiger partial charge in [0.25, 0.3) is 0 Å². The van der Waals surface area contributed by atoms with Gasteiger partial charge in [0, 0.05) is 6.20 Å². The highest BCUT2D eigenvalue weighted by Gasteiger charge is 2.37. The average molecular weight is 207 g/mol. The lowest BCUT2D eigenvalue weighted by molar-refractivity contribution is -0.140. The van der Waals surface area contributed by atoms with Crippen LogP contribution in [0, 0.1) is 5.82 Å². The third-order valence-corrected chi connectivity index (χ3v) is 1.83. The van der Waals surface area contributed by atoms with Crippen molar-refractivity contribution in [1.82, 2.24) is 4.98 Å². The van der Waals surface area contributed by atoms with Gasteiger partial charge in [0.1, 0.15) is 0 Å². The zero-order valence-corrected chi connectivity index (χ0v) is 7.69. The van der Waals surface area contributed by atoms with Crippen molar-refractivity contribution in [2.75, 3.05) is 0 Å². The molecule has 0 N–H and O–H groups in total. The largest absolute Gasteiger partial charge is 0.419 e. The highest BCUT2D eigenvalue weighted by molar-refractivity contribution is 5.30. The maximum atomic E-state index is 12.9. The van der Waals surface area contributed by atoms with Gasteiger partial charge in [-0.05, 0) is 11.5 Å².